The second-order valence-electron chi connectivity index (χ2n) is 6.94. The molecule has 0 spiro atoms. The van der Waals surface area contributed by atoms with Crippen molar-refractivity contribution in [1.29, 1.82) is 0 Å². The summed E-state index contributed by atoms with van der Waals surface area (Å²) < 4.78 is 0. The Morgan fingerprint density at radius 3 is 2.76 bits per heavy atom. The molecule has 1 saturated heterocycles. The van der Waals surface area contributed by atoms with Crippen molar-refractivity contribution in [2.45, 2.75) is 33.1 Å². The Kier molecular flexibility index (Phi) is 4.61. The van der Waals surface area contributed by atoms with Crippen molar-refractivity contribution in [2.75, 3.05) is 23.7 Å². The van der Waals surface area contributed by atoms with E-state index in [2.05, 4.69) is 9.97 Å². The zero-order valence-electron chi connectivity index (χ0n) is 14.7. The predicted octanol–water partition coefficient (Wildman–Crippen LogP) is 2.59. The number of carboxylic acids is 1. The lowest BCUT2D eigenvalue weighted by Crippen LogP contribution is -2.49. The summed E-state index contributed by atoms with van der Waals surface area (Å²) in [6.07, 6.45) is 1.99. The van der Waals surface area contributed by atoms with E-state index in [1.165, 1.54) is 0 Å². The number of aryl methyl sites for hydroxylation is 2. The number of nitrogens with two attached hydrogens (primary N) is 1. The first-order valence-corrected chi connectivity index (χ1v) is 8.54. The number of rotatable bonds is 4. The average Bonchev–Trinajstić information content (AvgIpc) is 2.56. The Morgan fingerprint density at radius 2 is 2.08 bits per heavy atom. The second kappa shape index (κ2) is 6.70. The van der Waals surface area contributed by atoms with Crippen molar-refractivity contribution in [1.82, 2.24) is 9.97 Å². The van der Waals surface area contributed by atoms with Crippen LogP contribution in [0.25, 0.3) is 0 Å². The van der Waals surface area contributed by atoms with Gasteiger partial charge < -0.3 is 15.7 Å². The first-order valence-electron chi connectivity index (χ1n) is 8.54. The molecular formula is C19H24N4O2. The minimum atomic E-state index is -0.821. The van der Waals surface area contributed by atoms with E-state index in [0.717, 1.165) is 29.8 Å². The standard InChI is InChI=1S/C19H24N4O2/c1-13-6-3-4-7-15(13)11-19(17(24)25)8-5-9-23(12-19)16-10-14(2)21-18(20)22-16/h3-4,6-7,10H,5,8-9,11-12H2,1-2H3,(H,24,25)(H2,20,21,22)/t19-/m1/s1. The van der Waals surface area contributed by atoms with E-state index < -0.39 is 11.4 Å². The maximum Gasteiger partial charge on any atom is 0.311 e. The van der Waals surface area contributed by atoms with Gasteiger partial charge in [0.2, 0.25) is 5.95 Å². The fraction of sp³-hybridized carbons (Fsp3) is 0.421. The Labute approximate surface area is 147 Å². The number of nitrogens with zero attached hydrogens (tertiary/aromatic N) is 3. The van der Waals surface area contributed by atoms with E-state index in [1.54, 1.807) is 0 Å². The number of anilines is 2. The summed E-state index contributed by atoms with van der Waals surface area (Å²) in [7, 11) is 0. The summed E-state index contributed by atoms with van der Waals surface area (Å²) in [5.74, 6) is 0.180. The molecule has 2 aromatic rings. The zero-order chi connectivity index (χ0) is 18.0. The lowest BCUT2D eigenvalue weighted by atomic mass is 9.74. The van der Waals surface area contributed by atoms with E-state index in [-0.39, 0.29) is 5.95 Å². The summed E-state index contributed by atoms with van der Waals surface area (Å²) >= 11 is 0. The number of aromatic nitrogens is 2. The number of hydrogen-bond acceptors (Lipinski definition) is 5. The number of aliphatic carboxylic acids is 1. The normalized spacial score (nSPS) is 20.5. The highest BCUT2D eigenvalue weighted by molar-refractivity contribution is 5.76. The second-order valence-corrected chi connectivity index (χ2v) is 6.94. The molecule has 1 aromatic carbocycles. The Balaban J connectivity index is 1.91. The monoisotopic (exact) mass is 340 g/mol. The Bertz CT molecular complexity index is 772. The van der Waals surface area contributed by atoms with Gasteiger partial charge in [-0.2, -0.15) is 4.98 Å². The molecule has 0 bridgehead atoms. The highest BCUT2D eigenvalue weighted by atomic mass is 16.4. The van der Waals surface area contributed by atoms with Crippen LogP contribution in [-0.2, 0) is 11.2 Å². The minimum Gasteiger partial charge on any atom is -0.481 e. The van der Waals surface area contributed by atoms with Crippen LogP contribution in [0.15, 0.2) is 30.3 Å². The quantitative estimate of drug-likeness (QED) is 0.889. The van der Waals surface area contributed by atoms with Crippen molar-refractivity contribution in [3.63, 3.8) is 0 Å². The van der Waals surface area contributed by atoms with Gasteiger partial charge in [0.1, 0.15) is 5.82 Å². The number of nitrogen functional groups attached to an aromatic ring is 1. The third kappa shape index (κ3) is 3.57. The SMILES string of the molecule is Cc1cc(N2CCC[C@](Cc3ccccc3C)(C(=O)O)C2)nc(N)n1. The van der Waals surface area contributed by atoms with E-state index in [1.807, 2.05) is 49.1 Å². The first kappa shape index (κ1) is 17.2. The molecule has 0 radical (unpaired) electrons. The van der Waals surface area contributed by atoms with E-state index in [9.17, 15) is 9.90 Å². The number of piperidine rings is 1. The molecule has 0 aliphatic carbocycles. The van der Waals surface area contributed by atoms with Crippen molar-refractivity contribution < 1.29 is 9.90 Å². The minimum absolute atomic E-state index is 0.223. The molecule has 2 heterocycles. The molecule has 1 aliphatic rings. The van der Waals surface area contributed by atoms with Crippen LogP contribution in [0.1, 0.15) is 29.7 Å². The van der Waals surface area contributed by atoms with Gasteiger partial charge in [0, 0.05) is 24.8 Å². The number of carboxylic acid groups (broad SMARTS) is 1. The van der Waals surface area contributed by atoms with Crippen LogP contribution < -0.4 is 10.6 Å². The molecule has 0 unspecified atom stereocenters. The molecule has 1 fully saturated rings. The predicted molar refractivity (Wildman–Crippen MR) is 97.6 cm³/mol. The summed E-state index contributed by atoms with van der Waals surface area (Å²) in [5.41, 5.74) is 7.95. The van der Waals surface area contributed by atoms with Crippen LogP contribution in [0.3, 0.4) is 0 Å². The number of hydrogen-bond donors (Lipinski definition) is 2. The summed E-state index contributed by atoms with van der Waals surface area (Å²) in [6.45, 7) is 5.09. The molecule has 6 heteroatoms. The summed E-state index contributed by atoms with van der Waals surface area (Å²) in [6, 6.07) is 9.85. The zero-order valence-corrected chi connectivity index (χ0v) is 14.7. The molecule has 25 heavy (non-hydrogen) atoms. The highest BCUT2D eigenvalue weighted by Gasteiger charge is 2.43. The highest BCUT2D eigenvalue weighted by Crippen LogP contribution is 2.36. The van der Waals surface area contributed by atoms with Gasteiger partial charge in [0.05, 0.1) is 5.41 Å². The Morgan fingerprint density at radius 1 is 1.32 bits per heavy atom. The van der Waals surface area contributed by atoms with Gasteiger partial charge in [-0.05, 0) is 44.2 Å². The first-order chi connectivity index (χ1) is 11.9. The lowest BCUT2D eigenvalue weighted by Gasteiger charge is -2.41. The van der Waals surface area contributed by atoms with Crippen LogP contribution >= 0.6 is 0 Å². The fourth-order valence-electron chi connectivity index (χ4n) is 3.63. The third-order valence-corrected chi connectivity index (χ3v) is 5.00. The maximum absolute atomic E-state index is 12.2. The van der Waals surface area contributed by atoms with Gasteiger partial charge in [-0.25, -0.2) is 4.98 Å². The third-order valence-electron chi connectivity index (χ3n) is 5.00. The molecule has 1 aromatic heterocycles. The molecule has 3 N–H and O–H groups in total. The van der Waals surface area contributed by atoms with Gasteiger partial charge >= 0.3 is 5.97 Å². The van der Waals surface area contributed by atoms with Crippen LogP contribution in [0.5, 0.6) is 0 Å². The maximum atomic E-state index is 12.2. The van der Waals surface area contributed by atoms with Gasteiger partial charge in [0.25, 0.3) is 0 Å². The summed E-state index contributed by atoms with van der Waals surface area (Å²) in [4.78, 5) is 22.7. The smallest absolute Gasteiger partial charge is 0.311 e. The average molecular weight is 340 g/mol. The van der Waals surface area contributed by atoms with Crippen molar-refractivity contribution in [3.8, 4) is 0 Å². The molecule has 0 amide bonds. The number of benzene rings is 1. The van der Waals surface area contributed by atoms with Crippen LogP contribution in [0.4, 0.5) is 11.8 Å². The molecular weight excluding hydrogens is 316 g/mol. The molecule has 6 nitrogen and oxygen atoms in total. The Hall–Kier alpha value is -2.63. The number of carbonyl (C=O) groups is 1. The van der Waals surface area contributed by atoms with Crippen molar-refractivity contribution in [3.05, 3.63) is 47.2 Å². The van der Waals surface area contributed by atoms with Gasteiger partial charge in [-0.3, -0.25) is 4.79 Å². The van der Waals surface area contributed by atoms with Crippen molar-refractivity contribution >= 4 is 17.7 Å². The van der Waals surface area contributed by atoms with E-state index in [4.69, 9.17) is 5.73 Å². The van der Waals surface area contributed by atoms with Gasteiger partial charge in [0.15, 0.2) is 0 Å². The molecule has 3 rings (SSSR count). The fourth-order valence-corrected chi connectivity index (χ4v) is 3.63. The van der Waals surface area contributed by atoms with Crippen molar-refractivity contribution in [2.24, 2.45) is 5.41 Å². The molecule has 1 aliphatic heterocycles. The van der Waals surface area contributed by atoms with Crippen LogP contribution in [0, 0.1) is 19.3 Å². The van der Waals surface area contributed by atoms with E-state index in [0.29, 0.717) is 25.2 Å². The van der Waals surface area contributed by atoms with E-state index >= 15 is 0 Å². The van der Waals surface area contributed by atoms with Gasteiger partial charge in [-0.15, -0.1) is 0 Å². The van der Waals surface area contributed by atoms with Crippen LogP contribution in [0.2, 0.25) is 0 Å². The van der Waals surface area contributed by atoms with Gasteiger partial charge in [-0.1, -0.05) is 24.3 Å². The largest absolute Gasteiger partial charge is 0.481 e. The molecule has 132 valence electrons. The molecule has 0 saturated carbocycles. The molecule has 1 atom stereocenters. The summed E-state index contributed by atoms with van der Waals surface area (Å²) in [5, 5.41) is 10.0. The topological polar surface area (TPSA) is 92.3 Å². The lowest BCUT2D eigenvalue weighted by molar-refractivity contribution is -0.149. The van der Waals surface area contributed by atoms with Crippen LogP contribution in [-0.4, -0.2) is 34.1 Å².